The molecule has 0 aliphatic heterocycles. The molecule has 1 aromatic carbocycles. The molecular weight excluding hydrogens is 196 g/mol. The highest BCUT2D eigenvalue weighted by molar-refractivity contribution is 5.45. The van der Waals surface area contributed by atoms with E-state index in [4.69, 9.17) is 10.5 Å². The standard InChI is InChI=1S/C10H14N2O3/c1-7(11)5-8-6-9(15-2)3-4-10(8)12(13)14/h3-4,6-7H,5,11H2,1-2H3/t7-/m0/s1. The maximum Gasteiger partial charge on any atom is 0.272 e. The second-order valence-electron chi connectivity index (χ2n) is 3.43. The van der Waals surface area contributed by atoms with Gasteiger partial charge in [0, 0.05) is 17.7 Å². The third kappa shape index (κ3) is 2.92. The molecule has 15 heavy (non-hydrogen) atoms. The van der Waals surface area contributed by atoms with Crippen molar-refractivity contribution in [2.75, 3.05) is 7.11 Å². The van der Waals surface area contributed by atoms with Gasteiger partial charge >= 0.3 is 0 Å². The van der Waals surface area contributed by atoms with Crippen molar-refractivity contribution in [2.24, 2.45) is 5.73 Å². The van der Waals surface area contributed by atoms with Crippen LogP contribution in [0, 0.1) is 10.1 Å². The largest absolute Gasteiger partial charge is 0.497 e. The van der Waals surface area contributed by atoms with Crippen molar-refractivity contribution in [3.05, 3.63) is 33.9 Å². The number of nitro groups is 1. The summed E-state index contributed by atoms with van der Waals surface area (Å²) >= 11 is 0. The number of hydrogen-bond donors (Lipinski definition) is 1. The SMILES string of the molecule is COc1ccc([N+](=O)[O-])c(C[C@H](C)N)c1. The highest BCUT2D eigenvalue weighted by atomic mass is 16.6. The van der Waals surface area contributed by atoms with Crippen LogP contribution >= 0.6 is 0 Å². The van der Waals surface area contributed by atoms with Gasteiger partial charge in [-0.1, -0.05) is 0 Å². The first-order chi connectivity index (χ1) is 7.04. The molecule has 0 aromatic heterocycles. The van der Waals surface area contributed by atoms with Crippen molar-refractivity contribution >= 4 is 5.69 Å². The Morgan fingerprint density at radius 3 is 2.73 bits per heavy atom. The molecule has 5 heteroatoms. The number of methoxy groups -OCH3 is 1. The van der Waals surface area contributed by atoms with E-state index in [0.717, 1.165) is 0 Å². The molecule has 0 aliphatic carbocycles. The van der Waals surface area contributed by atoms with E-state index in [2.05, 4.69) is 0 Å². The summed E-state index contributed by atoms with van der Waals surface area (Å²) in [5.74, 6) is 0.608. The van der Waals surface area contributed by atoms with E-state index in [9.17, 15) is 10.1 Å². The minimum absolute atomic E-state index is 0.0908. The highest BCUT2D eigenvalue weighted by Crippen LogP contribution is 2.24. The average Bonchev–Trinajstić information content (AvgIpc) is 2.16. The van der Waals surface area contributed by atoms with Crippen LogP contribution in [0.5, 0.6) is 5.75 Å². The summed E-state index contributed by atoms with van der Waals surface area (Å²) < 4.78 is 5.01. The molecule has 5 nitrogen and oxygen atoms in total. The minimum Gasteiger partial charge on any atom is -0.497 e. The van der Waals surface area contributed by atoms with E-state index in [1.54, 1.807) is 12.1 Å². The van der Waals surface area contributed by atoms with Gasteiger partial charge in [-0.15, -0.1) is 0 Å². The third-order valence-corrected chi connectivity index (χ3v) is 2.03. The zero-order valence-corrected chi connectivity index (χ0v) is 8.77. The van der Waals surface area contributed by atoms with Crippen LogP contribution in [0.2, 0.25) is 0 Å². The quantitative estimate of drug-likeness (QED) is 0.603. The topological polar surface area (TPSA) is 78.4 Å². The molecular formula is C10H14N2O3. The number of nitrogens with two attached hydrogens (primary N) is 1. The summed E-state index contributed by atoms with van der Waals surface area (Å²) in [7, 11) is 1.52. The van der Waals surface area contributed by atoms with Gasteiger partial charge in [0.05, 0.1) is 12.0 Å². The van der Waals surface area contributed by atoms with Gasteiger partial charge in [0.2, 0.25) is 0 Å². The number of nitro benzene ring substituents is 1. The molecule has 0 spiro atoms. The maximum atomic E-state index is 10.7. The van der Waals surface area contributed by atoms with Crippen molar-refractivity contribution < 1.29 is 9.66 Å². The van der Waals surface area contributed by atoms with E-state index >= 15 is 0 Å². The molecule has 1 rings (SSSR count). The van der Waals surface area contributed by atoms with Crippen LogP contribution in [0.3, 0.4) is 0 Å². The number of hydrogen-bond acceptors (Lipinski definition) is 4. The molecule has 0 fully saturated rings. The second-order valence-corrected chi connectivity index (χ2v) is 3.43. The number of rotatable bonds is 4. The predicted molar refractivity (Wildman–Crippen MR) is 57.0 cm³/mol. The molecule has 0 unspecified atom stereocenters. The lowest BCUT2D eigenvalue weighted by atomic mass is 10.1. The number of benzene rings is 1. The number of nitrogens with zero attached hydrogens (tertiary/aromatic N) is 1. The third-order valence-electron chi connectivity index (χ3n) is 2.03. The highest BCUT2D eigenvalue weighted by Gasteiger charge is 2.15. The first-order valence-electron chi connectivity index (χ1n) is 4.61. The van der Waals surface area contributed by atoms with E-state index in [-0.39, 0.29) is 11.7 Å². The van der Waals surface area contributed by atoms with Gasteiger partial charge in [-0.05, 0) is 25.5 Å². The van der Waals surface area contributed by atoms with Gasteiger partial charge in [-0.25, -0.2) is 0 Å². The Hall–Kier alpha value is -1.62. The monoisotopic (exact) mass is 210 g/mol. The Morgan fingerprint density at radius 1 is 1.60 bits per heavy atom. The molecule has 0 radical (unpaired) electrons. The lowest BCUT2D eigenvalue weighted by Crippen LogP contribution is -2.18. The molecule has 0 amide bonds. The second kappa shape index (κ2) is 4.75. The molecule has 0 saturated carbocycles. The smallest absolute Gasteiger partial charge is 0.272 e. The van der Waals surface area contributed by atoms with Crippen LogP contribution in [0.15, 0.2) is 18.2 Å². The summed E-state index contributed by atoms with van der Waals surface area (Å²) in [5.41, 5.74) is 6.32. The fraction of sp³-hybridized carbons (Fsp3) is 0.400. The Balaban J connectivity index is 3.10. The molecule has 0 heterocycles. The van der Waals surface area contributed by atoms with Gasteiger partial charge in [-0.2, -0.15) is 0 Å². The van der Waals surface area contributed by atoms with Crippen molar-refractivity contribution in [3.63, 3.8) is 0 Å². The summed E-state index contributed by atoms with van der Waals surface area (Å²) in [5, 5.41) is 10.7. The maximum absolute atomic E-state index is 10.7. The fourth-order valence-corrected chi connectivity index (χ4v) is 1.38. The van der Waals surface area contributed by atoms with Crippen LogP contribution in [0.1, 0.15) is 12.5 Å². The molecule has 0 saturated heterocycles. The summed E-state index contributed by atoms with van der Waals surface area (Å²) in [6, 6.07) is 4.55. The van der Waals surface area contributed by atoms with Gasteiger partial charge in [0.15, 0.2) is 0 Å². The van der Waals surface area contributed by atoms with Gasteiger partial charge in [0.25, 0.3) is 5.69 Å². The molecule has 1 aromatic rings. The minimum atomic E-state index is -0.406. The van der Waals surface area contributed by atoms with Gasteiger partial charge < -0.3 is 10.5 Å². The summed E-state index contributed by atoms with van der Waals surface area (Å²) in [4.78, 5) is 10.3. The number of ether oxygens (including phenoxy) is 1. The molecule has 0 aliphatic rings. The molecule has 1 atom stereocenters. The summed E-state index contributed by atoms with van der Waals surface area (Å²) in [6.07, 6.45) is 0.466. The molecule has 2 N–H and O–H groups in total. The van der Waals surface area contributed by atoms with Crippen molar-refractivity contribution in [2.45, 2.75) is 19.4 Å². The van der Waals surface area contributed by atoms with Crippen molar-refractivity contribution in [1.29, 1.82) is 0 Å². The van der Waals surface area contributed by atoms with Crippen LogP contribution in [-0.4, -0.2) is 18.1 Å². The van der Waals surface area contributed by atoms with Crippen molar-refractivity contribution in [3.8, 4) is 5.75 Å². The van der Waals surface area contributed by atoms with Crippen LogP contribution in [0.4, 0.5) is 5.69 Å². The van der Waals surface area contributed by atoms with E-state index in [0.29, 0.717) is 17.7 Å². The Morgan fingerprint density at radius 2 is 2.27 bits per heavy atom. The zero-order valence-electron chi connectivity index (χ0n) is 8.77. The van der Waals surface area contributed by atoms with Crippen LogP contribution < -0.4 is 10.5 Å². The van der Waals surface area contributed by atoms with Gasteiger partial charge in [0.1, 0.15) is 5.75 Å². The van der Waals surface area contributed by atoms with Crippen molar-refractivity contribution in [1.82, 2.24) is 0 Å². The molecule has 82 valence electrons. The van der Waals surface area contributed by atoms with Gasteiger partial charge in [-0.3, -0.25) is 10.1 Å². The first-order valence-corrected chi connectivity index (χ1v) is 4.61. The van der Waals surface area contributed by atoms with E-state index in [1.807, 2.05) is 6.92 Å². The predicted octanol–water partition coefficient (Wildman–Crippen LogP) is 1.49. The summed E-state index contributed by atoms with van der Waals surface area (Å²) in [6.45, 7) is 1.81. The molecule has 0 bridgehead atoms. The fourth-order valence-electron chi connectivity index (χ4n) is 1.38. The Labute approximate surface area is 88.0 Å². The van der Waals surface area contributed by atoms with Crippen LogP contribution in [-0.2, 0) is 6.42 Å². The van der Waals surface area contributed by atoms with E-state index < -0.39 is 4.92 Å². The Bertz CT molecular complexity index is 364. The zero-order chi connectivity index (χ0) is 11.4. The Kier molecular flexibility index (Phi) is 3.62. The lowest BCUT2D eigenvalue weighted by molar-refractivity contribution is -0.385. The normalized spacial score (nSPS) is 12.2. The van der Waals surface area contributed by atoms with E-state index in [1.165, 1.54) is 13.2 Å². The lowest BCUT2D eigenvalue weighted by Gasteiger charge is -2.07. The average molecular weight is 210 g/mol. The first kappa shape index (κ1) is 11.5. The van der Waals surface area contributed by atoms with Crippen LogP contribution in [0.25, 0.3) is 0 Å².